The summed E-state index contributed by atoms with van der Waals surface area (Å²) in [5.74, 6) is 0.166. The molecule has 3 rings (SSSR count). The topological polar surface area (TPSA) is 49.4 Å². The van der Waals surface area contributed by atoms with Gasteiger partial charge in [0.2, 0.25) is 11.8 Å². The number of amides is 2. The number of piperidine rings is 1. The van der Waals surface area contributed by atoms with E-state index in [1.165, 1.54) is 10.4 Å². The maximum atomic E-state index is 12.8. The number of hydrogen-bond acceptors (Lipinski definition) is 3. The second-order valence-electron chi connectivity index (χ2n) is 6.98. The number of carbonyl (C=O) groups excluding carboxylic acids is 2. The molecule has 0 spiro atoms. The molecule has 0 saturated carbocycles. The lowest BCUT2D eigenvalue weighted by atomic mass is 9.74. The molecule has 1 N–H and O–H groups in total. The first kappa shape index (κ1) is 18.6. The van der Waals surface area contributed by atoms with Crippen LogP contribution in [0.5, 0.6) is 0 Å². The predicted octanol–water partition coefficient (Wildman–Crippen LogP) is 3.72. The molecule has 1 aromatic carbocycles. The SMILES string of the molecule is CCC(=O)N1CCC[C@@](Cc2ccc(-c3cccs3)cc2)(C(=O)NC)C1. The molecule has 1 atom stereocenters. The molecule has 0 aliphatic carbocycles. The monoisotopic (exact) mass is 370 g/mol. The number of rotatable bonds is 5. The van der Waals surface area contributed by atoms with E-state index in [-0.39, 0.29) is 11.8 Å². The van der Waals surface area contributed by atoms with E-state index in [1.807, 2.05) is 11.8 Å². The van der Waals surface area contributed by atoms with Crippen LogP contribution in [0.4, 0.5) is 0 Å². The standard InChI is InChI=1S/C21H26N2O2S/c1-3-19(24)23-12-5-11-21(15-23,20(25)22-2)14-16-7-9-17(10-8-16)18-6-4-13-26-18/h4,6-10,13H,3,5,11-12,14-15H2,1-2H3,(H,22,25)/t21-/m0/s1. The first-order chi connectivity index (χ1) is 12.6. The van der Waals surface area contributed by atoms with Gasteiger partial charge in [0.1, 0.15) is 0 Å². The minimum absolute atomic E-state index is 0.0356. The third-order valence-electron chi connectivity index (χ3n) is 5.24. The largest absolute Gasteiger partial charge is 0.359 e. The van der Waals surface area contributed by atoms with Crippen LogP contribution in [-0.2, 0) is 16.0 Å². The zero-order valence-electron chi connectivity index (χ0n) is 15.5. The highest BCUT2D eigenvalue weighted by molar-refractivity contribution is 7.13. The van der Waals surface area contributed by atoms with Gasteiger partial charge in [0.25, 0.3) is 0 Å². The zero-order valence-corrected chi connectivity index (χ0v) is 16.3. The van der Waals surface area contributed by atoms with Gasteiger partial charge in [0.05, 0.1) is 5.41 Å². The number of thiophene rings is 1. The van der Waals surface area contributed by atoms with Crippen LogP contribution in [0.3, 0.4) is 0 Å². The van der Waals surface area contributed by atoms with Gasteiger partial charge in [-0.15, -0.1) is 11.3 Å². The van der Waals surface area contributed by atoms with Crippen molar-refractivity contribution in [3.63, 3.8) is 0 Å². The third-order valence-corrected chi connectivity index (χ3v) is 6.16. The maximum Gasteiger partial charge on any atom is 0.228 e. The Morgan fingerprint density at radius 1 is 1.23 bits per heavy atom. The molecule has 2 aromatic rings. The molecular formula is C21H26N2O2S. The van der Waals surface area contributed by atoms with E-state index in [0.29, 0.717) is 19.4 Å². The van der Waals surface area contributed by atoms with Crippen molar-refractivity contribution >= 4 is 23.2 Å². The van der Waals surface area contributed by atoms with Crippen LogP contribution in [0.1, 0.15) is 31.7 Å². The smallest absolute Gasteiger partial charge is 0.228 e. The van der Waals surface area contributed by atoms with Crippen LogP contribution < -0.4 is 5.32 Å². The van der Waals surface area contributed by atoms with Crippen LogP contribution >= 0.6 is 11.3 Å². The highest BCUT2D eigenvalue weighted by Gasteiger charge is 2.42. The number of nitrogens with zero attached hydrogens (tertiary/aromatic N) is 1. The molecular weight excluding hydrogens is 344 g/mol. The molecule has 5 heteroatoms. The Balaban J connectivity index is 1.82. The minimum Gasteiger partial charge on any atom is -0.359 e. The summed E-state index contributed by atoms with van der Waals surface area (Å²) in [6.07, 6.45) is 2.82. The van der Waals surface area contributed by atoms with Crippen LogP contribution in [0.25, 0.3) is 10.4 Å². The minimum atomic E-state index is -0.539. The van der Waals surface area contributed by atoms with E-state index in [2.05, 4.69) is 47.1 Å². The molecule has 0 bridgehead atoms. The Morgan fingerprint density at radius 2 is 2.00 bits per heavy atom. The highest BCUT2D eigenvalue weighted by atomic mass is 32.1. The van der Waals surface area contributed by atoms with Crippen molar-refractivity contribution < 1.29 is 9.59 Å². The van der Waals surface area contributed by atoms with Gasteiger partial charge in [0.15, 0.2) is 0 Å². The first-order valence-electron chi connectivity index (χ1n) is 9.21. The molecule has 0 unspecified atom stereocenters. The van der Waals surface area contributed by atoms with Crippen molar-refractivity contribution in [2.45, 2.75) is 32.6 Å². The molecule has 1 saturated heterocycles. The Morgan fingerprint density at radius 3 is 2.62 bits per heavy atom. The van der Waals surface area contributed by atoms with Gasteiger partial charge in [-0.1, -0.05) is 37.3 Å². The average molecular weight is 371 g/mol. The van der Waals surface area contributed by atoms with Crippen molar-refractivity contribution in [1.82, 2.24) is 10.2 Å². The molecule has 1 aromatic heterocycles. The Labute approximate surface area is 159 Å². The molecule has 26 heavy (non-hydrogen) atoms. The van der Waals surface area contributed by atoms with E-state index in [9.17, 15) is 9.59 Å². The van der Waals surface area contributed by atoms with Gasteiger partial charge in [-0.25, -0.2) is 0 Å². The van der Waals surface area contributed by atoms with Gasteiger partial charge < -0.3 is 10.2 Å². The van der Waals surface area contributed by atoms with Gasteiger partial charge in [-0.2, -0.15) is 0 Å². The highest BCUT2D eigenvalue weighted by Crippen LogP contribution is 2.35. The molecule has 1 fully saturated rings. The molecule has 2 heterocycles. The molecule has 0 radical (unpaired) electrons. The first-order valence-corrected chi connectivity index (χ1v) is 10.1. The second kappa shape index (κ2) is 8.04. The summed E-state index contributed by atoms with van der Waals surface area (Å²) in [5.41, 5.74) is 1.80. The Kier molecular flexibility index (Phi) is 5.77. The van der Waals surface area contributed by atoms with Crippen LogP contribution in [0, 0.1) is 5.41 Å². The summed E-state index contributed by atoms with van der Waals surface area (Å²) in [6, 6.07) is 12.6. The van der Waals surface area contributed by atoms with Gasteiger partial charge in [0, 0.05) is 31.4 Å². The van der Waals surface area contributed by atoms with Crippen molar-refractivity contribution in [2.75, 3.05) is 20.1 Å². The summed E-state index contributed by atoms with van der Waals surface area (Å²) in [7, 11) is 1.69. The van der Waals surface area contributed by atoms with Gasteiger partial charge in [-0.05, 0) is 41.8 Å². The van der Waals surface area contributed by atoms with Crippen molar-refractivity contribution in [2.24, 2.45) is 5.41 Å². The molecule has 1 aliphatic rings. The zero-order chi connectivity index (χ0) is 18.6. The molecule has 4 nitrogen and oxygen atoms in total. The van der Waals surface area contributed by atoms with Crippen molar-refractivity contribution in [3.05, 3.63) is 47.3 Å². The molecule has 2 amide bonds. The van der Waals surface area contributed by atoms with Gasteiger partial charge in [-0.3, -0.25) is 9.59 Å². The average Bonchev–Trinajstić information content (AvgIpc) is 3.22. The molecule has 1 aliphatic heterocycles. The number of benzene rings is 1. The van der Waals surface area contributed by atoms with Crippen molar-refractivity contribution in [1.29, 1.82) is 0 Å². The second-order valence-corrected chi connectivity index (χ2v) is 7.93. The van der Waals surface area contributed by atoms with Crippen LogP contribution in [0.15, 0.2) is 41.8 Å². The van der Waals surface area contributed by atoms with E-state index >= 15 is 0 Å². The van der Waals surface area contributed by atoms with Gasteiger partial charge >= 0.3 is 0 Å². The fraction of sp³-hybridized carbons (Fsp3) is 0.429. The van der Waals surface area contributed by atoms with Crippen molar-refractivity contribution in [3.8, 4) is 10.4 Å². The van der Waals surface area contributed by atoms with Crippen LogP contribution in [-0.4, -0.2) is 36.9 Å². The Hall–Kier alpha value is -2.14. The fourth-order valence-corrected chi connectivity index (χ4v) is 4.60. The lowest BCUT2D eigenvalue weighted by molar-refractivity contribution is -0.141. The van der Waals surface area contributed by atoms with E-state index in [1.54, 1.807) is 18.4 Å². The summed E-state index contributed by atoms with van der Waals surface area (Å²) in [6.45, 7) is 3.14. The normalized spacial score (nSPS) is 20.0. The summed E-state index contributed by atoms with van der Waals surface area (Å²) >= 11 is 1.72. The van der Waals surface area contributed by atoms with E-state index in [4.69, 9.17) is 0 Å². The Bertz CT molecular complexity index is 755. The number of carbonyl (C=O) groups is 2. The lowest BCUT2D eigenvalue weighted by Crippen LogP contribution is -2.53. The summed E-state index contributed by atoms with van der Waals surface area (Å²) in [5, 5.41) is 4.91. The fourth-order valence-electron chi connectivity index (χ4n) is 3.86. The number of nitrogens with one attached hydrogen (secondary N) is 1. The predicted molar refractivity (Wildman–Crippen MR) is 106 cm³/mol. The van der Waals surface area contributed by atoms with E-state index < -0.39 is 5.41 Å². The number of likely N-dealkylation sites (tertiary alicyclic amines) is 1. The quantitative estimate of drug-likeness (QED) is 0.872. The lowest BCUT2D eigenvalue weighted by Gasteiger charge is -2.41. The van der Waals surface area contributed by atoms with E-state index in [0.717, 1.165) is 24.9 Å². The molecule has 138 valence electrons. The maximum absolute atomic E-state index is 12.8. The summed E-state index contributed by atoms with van der Waals surface area (Å²) in [4.78, 5) is 28.1. The third kappa shape index (κ3) is 3.83. The van der Waals surface area contributed by atoms with Crippen LogP contribution in [0.2, 0.25) is 0 Å². The number of hydrogen-bond donors (Lipinski definition) is 1. The summed E-state index contributed by atoms with van der Waals surface area (Å²) < 4.78 is 0.